The third kappa shape index (κ3) is 5.73. The van der Waals surface area contributed by atoms with Crippen LogP contribution in [0.2, 0.25) is 5.02 Å². The molecular weight excluding hydrogens is 396 g/mol. The minimum absolute atomic E-state index is 0.164. The van der Waals surface area contributed by atoms with Crippen molar-refractivity contribution in [2.45, 2.75) is 13.8 Å². The molecule has 0 aliphatic carbocycles. The van der Waals surface area contributed by atoms with Crippen LogP contribution in [-0.2, 0) is 4.79 Å². The van der Waals surface area contributed by atoms with Gasteiger partial charge in [0.2, 0.25) is 0 Å². The standard InChI is InChI=1S/C25H21ClN2O2/c1-17-6-8-19(9-7-17)21(15-27)13-20-14-22(26)10-11-24(20)30-16-25(29)28-23-5-3-4-18(2)12-23/h3-14H,16H2,1-2H3,(H,28,29)/b21-13+. The molecule has 30 heavy (non-hydrogen) atoms. The van der Waals surface area contributed by atoms with Gasteiger partial charge in [0.05, 0.1) is 11.6 Å². The molecule has 1 amide bonds. The molecule has 0 bridgehead atoms. The SMILES string of the molecule is Cc1ccc(/C(C#N)=C/c2cc(Cl)ccc2OCC(=O)Nc2cccc(C)c2)cc1. The number of nitriles is 1. The first-order valence-corrected chi connectivity index (χ1v) is 9.80. The lowest BCUT2D eigenvalue weighted by atomic mass is 10.0. The number of rotatable bonds is 6. The third-order valence-electron chi connectivity index (χ3n) is 4.42. The molecule has 0 saturated heterocycles. The highest BCUT2D eigenvalue weighted by Crippen LogP contribution is 2.28. The molecule has 150 valence electrons. The fraction of sp³-hybridized carbons (Fsp3) is 0.120. The summed E-state index contributed by atoms with van der Waals surface area (Å²) >= 11 is 6.15. The summed E-state index contributed by atoms with van der Waals surface area (Å²) in [4.78, 5) is 12.3. The Labute approximate surface area is 181 Å². The number of anilines is 1. The maximum Gasteiger partial charge on any atom is 0.262 e. The minimum Gasteiger partial charge on any atom is -0.483 e. The van der Waals surface area contributed by atoms with E-state index in [0.29, 0.717) is 27.6 Å². The second-order valence-electron chi connectivity index (χ2n) is 6.92. The summed E-state index contributed by atoms with van der Waals surface area (Å²) in [6, 6.07) is 22.5. The lowest BCUT2D eigenvalue weighted by Gasteiger charge is -2.11. The molecule has 1 N–H and O–H groups in total. The van der Waals surface area contributed by atoms with Crippen LogP contribution in [0.1, 0.15) is 22.3 Å². The number of hydrogen-bond acceptors (Lipinski definition) is 3. The number of carbonyl (C=O) groups excluding carboxylic acids is 1. The number of carbonyl (C=O) groups is 1. The minimum atomic E-state index is -0.274. The van der Waals surface area contributed by atoms with Crippen LogP contribution in [0.3, 0.4) is 0 Å². The van der Waals surface area contributed by atoms with Crippen molar-refractivity contribution in [1.82, 2.24) is 0 Å². The first kappa shape index (κ1) is 21.2. The highest BCUT2D eigenvalue weighted by Gasteiger charge is 2.09. The van der Waals surface area contributed by atoms with Gasteiger partial charge in [-0.05, 0) is 61.4 Å². The summed E-state index contributed by atoms with van der Waals surface area (Å²) < 4.78 is 5.73. The van der Waals surface area contributed by atoms with Gasteiger partial charge in [-0.15, -0.1) is 0 Å². The molecule has 4 nitrogen and oxygen atoms in total. The van der Waals surface area contributed by atoms with Crippen molar-refractivity contribution in [1.29, 1.82) is 5.26 Å². The quantitative estimate of drug-likeness (QED) is 0.393. The average Bonchev–Trinajstić information content (AvgIpc) is 2.72. The highest BCUT2D eigenvalue weighted by atomic mass is 35.5. The van der Waals surface area contributed by atoms with Crippen LogP contribution in [0, 0.1) is 25.2 Å². The molecule has 0 saturated carbocycles. The fourth-order valence-electron chi connectivity index (χ4n) is 2.90. The molecule has 0 fully saturated rings. The molecule has 3 aromatic rings. The maximum atomic E-state index is 12.3. The van der Waals surface area contributed by atoms with Gasteiger partial charge >= 0.3 is 0 Å². The van der Waals surface area contributed by atoms with E-state index in [2.05, 4.69) is 11.4 Å². The molecular formula is C25H21ClN2O2. The molecule has 0 aromatic heterocycles. The third-order valence-corrected chi connectivity index (χ3v) is 4.65. The van der Waals surface area contributed by atoms with Crippen molar-refractivity contribution in [3.63, 3.8) is 0 Å². The van der Waals surface area contributed by atoms with Gasteiger partial charge < -0.3 is 10.1 Å². The number of amides is 1. The number of aryl methyl sites for hydroxylation is 2. The van der Waals surface area contributed by atoms with Crippen molar-refractivity contribution >= 4 is 34.8 Å². The lowest BCUT2D eigenvalue weighted by Crippen LogP contribution is -2.20. The smallest absolute Gasteiger partial charge is 0.262 e. The molecule has 3 aromatic carbocycles. The van der Waals surface area contributed by atoms with E-state index in [1.165, 1.54) is 0 Å². The van der Waals surface area contributed by atoms with E-state index in [1.54, 1.807) is 24.3 Å². The summed E-state index contributed by atoms with van der Waals surface area (Å²) in [5.41, 5.74) is 4.79. The number of benzene rings is 3. The zero-order valence-corrected chi connectivity index (χ0v) is 17.5. The molecule has 0 spiro atoms. The van der Waals surface area contributed by atoms with Crippen LogP contribution in [-0.4, -0.2) is 12.5 Å². The van der Waals surface area contributed by atoms with Gasteiger partial charge in [-0.1, -0.05) is 53.6 Å². The van der Waals surface area contributed by atoms with Gasteiger partial charge in [-0.2, -0.15) is 5.26 Å². The Bertz CT molecular complexity index is 1130. The molecule has 0 unspecified atom stereocenters. The van der Waals surface area contributed by atoms with E-state index in [1.807, 2.05) is 62.4 Å². The first-order valence-electron chi connectivity index (χ1n) is 9.42. The van der Waals surface area contributed by atoms with Gasteiger partial charge in [-0.3, -0.25) is 4.79 Å². The number of nitrogens with one attached hydrogen (secondary N) is 1. The number of hydrogen-bond donors (Lipinski definition) is 1. The molecule has 0 aliphatic rings. The molecule has 0 heterocycles. The molecule has 5 heteroatoms. The van der Waals surface area contributed by atoms with Crippen molar-refractivity contribution in [3.8, 4) is 11.8 Å². The van der Waals surface area contributed by atoms with Gasteiger partial charge in [-0.25, -0.2) is 0 Å². The summed E-state index contributed by atoms with van der Waals surface area (Å²) in [5.74, 6) is 0.197. The topological polar surface area (TPSA) is 62.1 Å². The van der Waals surface area contributed by atoms with Gasteiger partial charge in [0.1, 0.15) is 5.75 Å². The number of halogens is 1. The Morgan fingerprint density at radius 2 is 1.83 bits per heavy atom. The van der Waals surface area contributed by atoms with Crippen LogP contribution < -0.4 is 10.1 Å². The van der Waals surface area contributed by atoms with E-state index in [4.69, 9.17) is 16.3 Å². The predicted octanol–water partition coefficient (Wildman–Crippen LogP) is 6.04. The zero-order valence-electron chi connectivity index (χ0n) is 16.8. The normalized spacial score (nSPS) is 10.9. The van der Waals surface area contributed by atoms with E-state index < -0.39 is 0 Å². The Morgan fingerprint density at radius 1 is 1.07 bits per heavy atom. The van der Waals surface area contributed by atoms with Crippen LogP contribution in [0.25, 0.3) is 11.6 Å². The van der Waals surface area contributed by atoms with Crippen LogP contribution >= 0.6 is 11.6 Å². The Kier molecular flexibility index (Phi) is 6.90. The molecule has 3 rings (SSSR count). The van der Waals surface area contributed by atoms with Crippen LogP contribution in [0.15, 0.2) is 66.7 Å². The number of nitrogens with zero attached hydrogens (tertiary/aromatic N) is 1. The summed E-state index contributed by atoms with van der Waals surface area (Å²) in [6.07, 6.45) is 1.71. The van der Waals surface area contributed by atoms with E-state index >= 15 is 0 Å². The highest BCUT2D eigenvalue weighted by molar-refractivity contribution is 6.30. The van der Waals surface area contributed by atoms with Crippen molar-refractivity contribution < 1.29 is 9.53 Å². The summed E-state index contributed by atoms with van der Waals surface area (Å²) in [6.45, 7) is 3.78. The van der Waals surface area contributed by atoms with Gasteiger partial charge in [0, 0.05) is 16.3 Å². The van der Waals surface area contributed by atoms with E-state index in [-0.39, 0.29) is 12.5 Å². The fourth-order valence-corrected chi connectivity index (χ4v) is 3.08. The monoisotopic (exact) mass is 416 g/mol. The average molecular weight is 417 g/mol. The number of allylic oxidation sites excluding steroid dienone is 1. The maximum absolute atomic E-state index is 12.3. The molecule has 0 radical (unpaired) electrons. The lowest BCUT2D eigenvalue weighted by molar-refractivity contribution is -0.118. The Morgan fingerprint density at radius 3 is 2.53 bits per heavy atom. The van der Waals surface area contributed by atoms with Gasteiger partial charge in [0.15, 0.2) is 6.61 Å². The molecule has 0 atom stereocenters. The van der Waals surface area contributed by atoms with Crippen molar-refractivity contribution in [2.75, 3.05) is 11.9 Å². The largest absolute Gasteiger partial charge is 0.483 e. The summed E-state index contributed by atoms with van der Waals surface area (Å²) in [5, 5.41) is 12.9. The Hall–Kier alpha value is -3.55. The van der Waals surface area contributed by atoms with Crippen LogP contribution in [0.5, 0.6) is 5.75 Å². The van der Waals surface area contributed by atoms with Crippen molar-refractivity contribution in [2.24, 2.45) is 0 Å². The van der Waals surface area contributed by atoms with Crippen LogP contribution in [0.4, 0.5) is 5.69 Å². The second kappa shape index (κ2) is 9.78. The predicted molar refractivity (Wildman–Crippen MR) is 121 cm³/mol. The van der Waals surface area contributed by atoms with E-state index in [0.717, 1.165) is 16.7 Å². The number of ether oxygens (including phenoxy) is 1. The first-order chi connectivity index (χ1) is 14.4. The van der Waals surface area contributed by atoms with Crippen molar-refractivity contribution in [3.05, 3.63) is 94.0 Å². The second-order valence-corrected chi connectivity index (χ2v) is 7.36. The van der Waals surface area contributed by atoms with Gasteiger partial charge in [0.25, 0.3) is 5.91 Å². The zero-order chi connectivity index (χ0) is 21.5. The molecule has 0 aliphatic heterocycles. The summed E-state index contributed by atoms with van der Waals surface area (Å²) in [7, 11) is 0. The Balaban J connectivity index is 1.78. The van der Waals surface area contributed by atoms with E-state index in [9.17, 15) is 10.1 Å².